The molecule has 0 aliphatic rings. The molecule has 3 N–H and O–H groups in total. The lowest BCUT2D eigenvalue weighted by Gasteiger charge is -2.24. The number of hydrogen-bond acceptors (Lipinski definition) is 5. The van der Waals surface area contributed by atoms with Gasteiger partial charge in [-0.15, -0.1) is 0 Å². The van der Waals surface area contributed by atoms with E-state index >= 15 is 0 Å². The van der Waals surface area contributed by atoms with Crippen molar-refractivity contribution in [1.82, 2.24) is 5.32 Å². The first-order valence-corrected chi connectivity index (χ1v) is 25.3. The first kappa shape index (κ1) is 54.9. The van der Waals surface area contributed by atoms with Gasteiger partial charge in [0.2, 0.25) is 5.91 Å². The molecule has 0 aromatic heterocycles. The van der Waals surface area contributed by atoms with Crippen LogP contribution in [0.2, 0.25) is 0 Å². The van der Waals surface area contributed by atoms with Crippen LogP contribution in [-0.2, 0) is 14.3 Å². The normalized spacial score (nSPS) is 13.2. The molecule has 0 aliphatic carbocycles. The predicted octanol–water partition coefficient (Wildman–Crippen LogP) is 14.8. The van der Waals surface area contributed by atoms with E-state index in [1.54, 1.807) is 0 Å². The molecular weight excluding hydrogens is 695 g/mol. The molecule has 3 atom stereocenters. The molecule has 334 valence electrons. The van der Waals surface area contributed by atoms with E-state index in [2.05, 4.69) is 26.1 Å². The third kappa shape index (κ3) is 39.7. The van der Waals surface area contributed by atoms with E-state index in [9.17, 15) is 19.8 Å². The van der Waals surface area contributed by atoms with Crippen LogP contribution in [0.3, 0.4) is 0 Å². The van der Waals surface area contributed by atoms with E-state index < -0.39 is 18.2 Å². The number of rotatable bonds is 46. The number of nitrogens with one attached hydrogen (secondary N) is 1. The van der Waals surface area contributed by atoms with Crippen LogP contribution in [-0.4, -0.2) is 46.9 Å². The number of ether oxygens (including phenoxy) is 1. The zero-order valence-corrected chi connectivity index (χ0v) is 38.0. The zero-order valence-electron chi connectivity index (χ0n) is 38.0. The SMILES string of the molecule is CCCCCCCCCCCCCCCCCCC(O)C(CO)NC(=O)CC(CCCCCCCCCCCCCC)OC(=O)CCCCCCCCCCC. The standard InChI is InChI=1S/C50H99NO5/c1-4-7-10-13-16-19-21-23-24-25-26-28-31-33-36-39-42-48(53)47(45-52)51-49(54)44-46(41-38-35-32-30-27-22-20-17-14-11-8-5-2)56-50(55)43-40-37-34-29-18-15-12-9-6-3/h46-48,52-53H,4-45H2,1-3H3,(H,51,54). The molecule has 0 rings (SSSR count). The lowest BCUT2D eigenvalue weighted by Crippen LogP contribution is -2.46. The highest BCUT2D eigenvalue weighted by atomic mass is 16.5. The van der Waals surface area contributed by atoms with Gasteiger partial charge >= 0.3 is 5.97 Å². The quantitative estimate of drug-likeness (QED) is 0.0421. The maximum atomic E-state index is 13.2. The summed E-state index contributed by atoms with van der Waals surface area (Å²) < 4.78 is 5.91. The number of carbonyl (C=O) groups is 2. The fraction of sp³-hybridized carbons (Fsp3) is 0.960. The summed E-state index contributed by atoms with van der Waals surface area (Å²) in [5.41, 5.74) is 0. The average Bonchev–Trinajstić information content (AvgIpc) is 3.19. The van der Waals surface area contributed by atoms with Crippen molar-refractivity contribution in [2.45, 2.75) is 302 Å². The summed E-state index contributed by atoms with van der Waals surface area (Å²) >= 11 is 0. The number of unbranched alkanes of at least 4 members (excludes halogenated alkanes) is 34. The molecule has 3 unspecified atom stereocenters. The fourth-order valence-electron chi connectivity index (χ4n) is 8.08. The summed E-state index contributed by atoms with van der Waals surface area (Å²) in [7, 11) is 0. The minimum absolute atomic E-state index is 0.0871. The Morgan fingerprint density at radius 3 is 1.09 bits per heavy atom. The predicted molar refractivity (Wildman–Crippen MR) is 241 cm³/mol. The number of carbonyl (C=O) groups excluding carboxylic acids is 2. The van der Waals surface area contributed by atoms with Crippen LogP contribution < -0.4 is 5.32 Å². The Labute approximate surface area is 349 Å². The Morgan fingerprint density at radius 1 is 0.446 bits per heavy atom. The molecule has 0 radical (unpaired) electrons. The van der Waals surface area contributed by atoms with E-state index in [-0.39, 0.29) is 24.9 Å². The third-order valence-electron chi connectivity index (χ3n) is 11.9. The topological polar surface area (TPSA) is 95.9 Å². The van der Waals surface area contributed by atoms with Gasteiger partial charge in [0.05, 0.1) is 25.2 Å². The third-order valence-corrected chi connectivity index (χ3v) is 11.9. The van der Waals surface area contributed by atoms with Crippen molar-refractivity contribution in [3.05, 3.63) is 0 Å². The smallest absolute Gasteiger partial charge is 0.306 e. The number of amides is 1. The van der Waals surface area contributed by atoms with Crippen molar-refractivity contribution in [2.24, 2.45) is 0 Å². The second kappa shape index (κ2) is 45.0. The summed E-state index contributed by atoms with van der Waals surface area (Å²) in [6.45, 7) is 6.49. The van der Waals surface area contributed by atoms with E-state index in [0.717, 1.165) is 44.9 Å². The molecule has 0 spiro atoms. The van der Waals surface area contributed by atoms with E-state index in [1.165, 1.54) is 193 Å². The first-order chi connectivity index (χ1) is 27.5. The molecule has 56 heavy (non-hydrogen) atoms. The van der Waals surface area contributed by atoms with E-state index in [1.807, 2.05) is 0 Å². The Kier molecular flexibility index (Phi) is 44.0. The molecular formula is C50H99NO5. The second-order valence-electron chi connectivity index (χ2n) is 17.6. The van der Waals surface area contributed by atoms with Gasteiger partial charge in [-0.05, 0) is 25.7 Å². The van der Waals surface area contributed by atoms with Gasteiger partial charge in [-0.3, -0.25) is 9.59 Å². The Bertz CT molecular complexity index is 806. The highest BCUT2D eigenvalue weighted by Crippen LogP contribution is 2.19. The van der Waals surface area contributed by atoms with Crippen LogP contribution in [0.1, 0.15) is 284 Å². The lowest BCUT2D eigenvalue weighted by molar-refractivity contribution is -0.151. The van der Waals surface area contributed by atoms with Crippen molar-refractivity contribution in [3.8, 4) is 0 Å². The van der Waals surface area contributed by atoms with Gasteiger partial charge in [-0.2, -0.15) is 0 Å². The van der Waals surface area contributed by atoms with Gasteiger partial charge in [0.1, 0.15) is 6.10 Å². The molecule has 6 nitrogen and oxygen atoms in total. The van der Waals surface area contributed by atoms with Gasteiger partial charge in [-0.25, -0.2) is 0 Å². The van der Waals surface area contributed by atoms with Crippen molar-refractivity contribution < 1.29 is 24.5 Å². The number of esters is 1. The minimum atomic E-state index is -0.778. The molecule has 0 aliphatic heterocycles. The fourth-order valence-corrected chi connectivity index (χ4v) is 8.08. The summed E-state index contributed by atoms with van der Waals surface area (Å²) in [5, 5.41) is 23.7. The molecule has 0 bridgehead atoms. The van der Waals surface area contributed by atoms with E-state index in [0.29, 0.717) is 19.3 Å². The average molecular weight is 794 g/mol. The molecule has 1 amide bonds. The Balaban J connectivity index is 4.43. The second-order valence-corrected chi connectivity index (χ2v) is 17.6. The molecule has 0 aromatic carbocycles. The van der Waals surface area contributed by atoms with Crippen molar-refractivity contribution in [2.75, 3.05) is 6.61 Å². The summed E-state index contributed by atoms with van der Waals surface area (Å²) in [6, 6.07) is -0.691. The molecule has 0 saturated heterocycles. The zero-order chi connectivity index (χ0) is 41.0. The van der Waals surface area contributed by atoms with Crippen LogP contribution in [0.4, 0.5) is 0 Å². The number of aliphatic hydroxyl groups excluding tert-OH is 2. The van der Waals surface area contributed by atoms with Crippen LogP contribution in [0.15, 0.2) is 0 Å². The molecule has 0 aromatic rings. The molecule has 0 saturated carbocycles. The monoisotopic (exact) mass is 794 g/mol. The van der Waals surface area contributed by atoms with Crippen molar-refractivity contribution in [3.63, 3.8) is 0 Å². The van der Waals surface area contributed by atoms with Gasteiger partial charge in [0.15, 0.2) is 0 Å². The van der Waals surface area contributed by atoms with Crippen molar-refractivity contribution in [1.29, 1.82) is 0 Å². The van der Waals surface area contributed by atoms with Gasteiger partial charge in [0.25, 0.3) is 0 Å². The summed E-state index contributed by atoms with van der Waals surface area (Å²) in [5.74, 6) is -0.457. The van der Waals surface area contributed by atoms with Gasteiger partial charge < -0.3 is 20.3 Å². The number of hydrogen-bond donors (Lipinski definition) is 3. The minimum Gasteiger partial charge on any atom is -0.462 e. The maximum absolute atomic E-state index is 13.2. The summed E-state index contributed by atoms with van der Waals surface area (Å²) in [4.78, 5) is 26.0. The Morgan fingerprint density at radius 2 is 0.750 bits per heavy atom. The van der Waals surface area contributed by atoms with E-state index in [4.69, 9.17) is 4.74 Å². The van der Waals surface area contributed by atoms with Crippen molar-refractivity contribution >= 4 is 11.9 Å². The first-order valence-electron chi connectivity index (χ1n) is 25.3. The van der Waals surface area contributed by atoms with Crippen LogP contribution in [0.5, 0.6) is 0 Å². The lowest BCUT2D eigenvalue weighted by atomic mass is 10.0. The maximum Gasteiger partial charge on any atom is 0.306 e. The Hall–Kier alpha value is -1.14. The molecule has 0 fully saturated rings. The highest BCUT2D eigenvalue weighted by Gasteiger charge is 2.24. The van der Waals surface area contributed by atoms with Gasteiger partial charge in [0, 0.05) is 6.42 Å². The largest absolute Gasteiger partial charge is 0.462 e. The van der Waals surface area contributed by atoms with Crippen LogP contribution in [0.25, 0.3) is 0 Å². The molecule has 0 heterocycles. The summed E-state index contributed by atoms with van der Waals surface area (Å²) in [6.07, 6.45) is 47.3. The van der Waals surface area contributed by atoms with Crippen LogP contribution >= 0.6 is 0 Å². The van der Waals surface area contributed by atoms with Crippen LogP contribution in [0, 0.1) is 0 Å². The molecule has 6 heteroatoms. The van der Waals surface area contributed by atoms with Gasteiger partial charge in [-0.1, -0.05) is 245 Å². The highest BCUT2D eigenvalue weighted by molar-refractivity contribution is 5.77. The number of aliphatic hydroxyl groups is 2.